The number of hydrogen-bond acceptors (Lipinski definition) is 3. The smallest absolute Gasteiger partial charge is 0.352 e. The van der Waals surface area contributed by atoms with Crippen molar-refractivity contribution in [2.45, 2.75) is 37.7 Å². The van der Waals surface area contributed by atoms with E-state index in [2.05, 4.69) is 5.32 Å². The molecule has 0 atom stereocenters. The molecule has 0 aliphatic heterocycles. The molecule has 1 aliphatic carbocycles. The molecule has 0 bridgehead atoms. The summed E-state index contributed by atoms with van der Waals surface area (Å²) in [7, 11) is 0. The minimum atomic E-state index is -4.11. The van der Waals surface area contributed by atoms with Gasteiger partial charge in [0.15, 0.2) is 11.6 Å². The highest BCUT2D eigenvalue weighted by Crippen LogP contribution is 2.45. The normalized spacial score (nSPS) is 16.4. The maximum atomic E-state index is 14.0. The molecular weight excluding hydrogens is 320 g/mol. The predicted molar refractivity (Wildman–Crippen MR) is 73.0 cm³/mol. The van der Waals surface area contributed by atoms with Crippen LogP contribution in [0.1, 0.15) is 26.2 Å². The standard InChI is InChI=1S/C14H14F4N2O3/c1-7(21)19-10-5-8(15)9(16)6-11(10)20-12(22)14(17,18)13(23)3-2-4-13/h5-6,23H,2-4H2,1H3,(H,19,21)(H,20,22). The van der Waals surface area contributed by atoms with Gasteiger partial charge in [0.05, 0.1) is 11.4 Å². The Morgan fingerprint density at radius 1 is 1.13 bits per heavy atom. The van der Waals surface area contributed by atoms with Crippen LogP contribution in [0.4, 0.5) is 28.9 Å². The summed E-state index contributed by atoms with van der Waals surface area (Å²) in [5.74, 6) is -9.35. The topological polar surface area (TPSA) is 78.4 Å². The molecule has 2 amide bonds. The average molecular weight is 334 g/mol. The second-order valence-corrected chi connectivity index (χ2v) is 5.41. The highest BCUT2D eigenvalue weighted by molar-refractivity contribution is 6.02. The molecule has 0 radical (unpaired) electrons. The Kier molecular flexibility index (Phi) is 4.34. The number of alkyl halides is 2. The molecule has 1 aliphatic rings. The summed E-state index contributed by atoms with van der Waals surface area (Å²) in [6, 6.07) is 1.03. The minimum Gasteiger partial charge on any atom is -0.383 e. The first-order valence-corrected chi connectivity index (χ1v) is 6.75. The monoisotopic (exact) mass is 334 g/mol. The van der Waals surface area contributed by atoms with E-state index in [0.717, 1.165) is 6.92 Å². The van der Waals surface area contributed by atoms with Gasteiger partial charge in [-0.2, -0.15) is 8.78 Å². The van der Waals surface area contributed by atoms with Gasteiger partial charge in [0.2, 0.25) is 5.91 Å². The molecule has 0 spiro atoms. The third-order valence-corrected chi connectivity index (χ3v) is 3.67. The third-order valence-electron chi connectivity index (χ3n) is 3.67. The van der Waals surface area contributed by atoms with Crippen LogP contribution in [0.5, 0.6) is 0 Å². The lowest BCUT2D eigenvalue weighted by molar-refractivity contribution is -0.212. The lowest BCUT2D eigenvalue weighted by Gasteiger charge is -2.41. The number of anilines is 2. The van der Waals surface area contributed by atoms with E-state index >= 15 is 0 Å². The van der Waals surface area contributed by atoms with Gasteiger partial charge in [-0.15, -0.1) is 0 Å². The molecule has 1 saturated carbocycles. The van der Waals surface area contributed by atoms with E-state index in [-0.39, 0.29) is 18.5 Å². The number of amides is 2. The fraction of sp³-hybridized carbons (Fsp3) is 0.429. The fourth-order valence-electron chi connectivity index (χ4n) is 2.18. The number of rotatable bonds is 4. The fourth-order valence-corrected chi connectivity index (χ4v) is 2.18. The molecule has 1 aromatic carbocycles. The third kappa shape index (κ3) is 3.14. The first kappa shape index (κ1) is 17.2. The predicted octanol–water partition coefficient (Wildman–Crippen LogP) is 2.41. The van der Waals surface area contributed by atoms with E-state index in [0.29, 0.717) is 18.6 Å². The molecule has 1 fully saturated rings. The average Bonchev–Trinajstić information content (AvgIpc) is 2.40. The lowest BCUT2D eigenvalue weighted by Crippen LogP contribution is -2.59. The van der Waals surface area contributed by atoms with Crippen molar-refractivity contribution in [1.82, 2.24) is 0 Å². The number of carbonyl (C=O) groups excluding carboxylic acids is 2. The van der Waals surface area contributed by atoms with Crippen LogP contribution < -0.4 is 10.6 Å². The van der Waals surface area contributed by atoms with Crippen LogP contribution in [0.2, 0.25) is 0 Å². The Hall–Kier alpha value is -2.16. The van der Waals surface area contributed by atoms with Gasteiger partial charge in [0.1, 0.15) is 5.60 Å². The molecule has 0 unspecified atom stereocenters. The van der Waals surface area contributed by atoms with Gasteiger partial charge in [-0.05, 0) is 19.3 Å². The van der Waals surface area contributed by atoms with E-state index in [4.69, 9.17) is 0 Å². The SMILES string of the molecule is CC(=O)Nc1cc(F)c(F)cc1NC(=O)C(F)(F)C1(O)CCC1. The molecule has 3 N–H and O–H groups in total. The van der Waals surface area contributed by atoms with Crippen LogP contribution in [-0.4, -0.2) is 28.4 Å². The molecule has 126 valence electrons. The van der Waals surface area contributed by atoms with E-state index in [1.54, 1.807) is 5.32 Å². The number of halogens is 4. The van der Waals surface area contributed by atoms with Gasteiger partial charge in [-0.1, -0.05) is 0 Å². The maximum Gasteiger partial charge on any atom is 0.352 e. The zero-order valence-corrected chi connectivity index (χ0v) is 12.1. The van der Waals surface area contributed by atoms with Crippen molar-refractivity contribution >= 4 is 23.2 Å². The van der Waals surface area contributed by atoms with Crippen molar-refractivity contribution in [3.05, 3.63) is 23.8 Å². The second-order valence-electron chi connectivity index (χ2n) is 5.41. The summed E-state index contributed by atoms with van der Waals surface area (Å²) in [6.07, 6.45) is -0.144. The van der Waals surface area contributed by atoms with Crippen LogP contribution in [0.15, 0.2) is 12.1 Å². The Balaban J connectivity index is 2.29. The Morgan fingerprint density at radius 3 is 2.00 bits per heavy atom. The Labute approximate surface area is 128 Å². The first-order valence-electron chi connectivity index (χ1n) is 6.75. The zero-order chi connectivity index (χ0) is 17.4. The number of aliphatic hydroxyl groups is 1. The molecule has 0 saturated heterocycles. The van der Waals surface area contributed by atoms with Crippen molar-refractivity contribution in [3.63, 3.8) is 0 Å². The van der Waals surface area contributed by atoms with E-state index < -0.39 is 40.7 Å². The van der Waals surface area contributed by atoms with Gasteiger partial charge < -0.3 is 15.7 Å². The van der Waals surface area contributed by atoms with Crippen LogP contribution in [0, 0.1) is 11.6 Å². The molecular formula is C14H14F4N2O3. The molecule has 1 aromatic rings. The van der Waals surface area contributed by atoms with Gasteiger partial charge in [0, 0.05) is 19.1 Å². The van der Waals surface area contributed by atoms with Crippen LogP contribution in [-0.2, 0) is 9.59 Å². The molecule has 23 heavy (non-hydrogen) atoms. The number of benzene rings is 1. The summed E-state index contributed by atoms with van der Waals surface area (Å²) >= 11 is 0. The quantitative estimate of drug-likeness (QED) is 0.740. The Morgan fingerprint density at radius 2 is 1.61 bits per heavy atom. The van der Waals surface area contributed by atoms with Crippen LogP contribution in [0.25, 0.3) is 0 Å². The highest BCUT2D eigenvalue weighted by atomic mass is 19.3. The number of nitrogens with one attached hydrogen (secondary N) is 2. The van der Waals surface area contributed by atoms with Crippen molar-refractivity contribution in [1.29, 1.82) is 0 Å². The van der Waals surface area contributed by atoms with Gasteiger partial charge in [0.25, 0.3) is 5.91 Å². The van der Waals surface area contributed by atoms with Crippen molar-refractivity contribution < 1.29 is 32.3 Å². The van der Waals surface area contributed by atoms with Crippen molar-refractivity contribution in [2.75, 3.05) is 10.6 Å². The number of hydrogen-bond donors (Lipinski definition) is 3. The molecule has 0 aromatic heterocycles. The highest BCUT2D eigenvalue weighted by Gasteiger charge is 2.61. The maximum absolute atomic E-state index is 14.0. The van der Waals surface area contributed by atoms with E-state index in [1.807, 2.05) is 0 Å². The molecule has 0 heterocycles. The Bertz CT molecular complexity index is 660. The van der Waals surface area contributed by atoms with Gasteiger partial charge >= 0.3 is 5.92 Å². The molecule has 9 heteroatoms. The second kappa shape index (κ2) is 5.80. The largest absolute Gasteiger partial charge is 0.383 e. The molecule has 5 nitrogen and oxygen atoms in total. The summed E-state index contributed by atoms with van der Waals surface area (Å²) in [5, 5.41) is 13.5. The summed E-state index contributed by atoms with van der Waals surface area (Å²) in [4.78, 5) is 22.8. The van der Waals surface area contributed by atoms with Crippen LogP contribution in [0.3, 0.4) is 0 Å². The summed E-state index contributed by atoms with van der Waals surface area (Å²) in [6.45, 7) is 1.07. The first-order chi connectivity index (χ1) is 10.6. The van der Waals surface area contributed by atoms with Gasteiger partial charge in [-0.25, -0.2) is 8.78 Å². The summed E-state index contributed by atoms with van der Waals surface area (Å²) in [5.41, 5.74) is -3.36. The zero-order valence-electron chi connectivity index (χ0n) is 12.1. The van der Waals surface area contributed by atoms with E-state index in [1.165, 1.54) is 0 Å². The van der Waals surface area contributed by atoms with Gasteiger partial charge in [-0.3, -0.25) is 9.59 Å². The van der Waals surface area contributed by atoms with Crippen molar-refractivity contribution in [3.8, 4) is 0 Å². The number of carbonyl (C=O) groups is 2. The van der Waals surface area contributed by atoms with Crippen molar-refractivity contribution in [2.24, 2.45) is 0 Å². The van der Waals surface area contributed by atoms with E-state index in [9.17, 15) is 32.3 Å². The van der Waals surface area contributed by atoms with Crippen LogP contribution >= 0.6 is 0 Å². The summed E-state index contributed by atoms with van der Waals surface area (Å²) < 4.78 is 54.5. The lowest BCUT2D eigenvalue weighted by atomic mass is 9.75. The molecule has 2 rings (SSSR count). The minimum absolute atomic E-state index is 0.246.